The average Bonchev–Trinajstić information content (AvgIpc) is 2.71. The van der Waals surface area contributed by atoms with Crippen molar-refractivity contribution in [3.63, 3.8) is 0 Å². The maximum absolute atomic E-state index is 2.57. The van der Waals surface area contributed by atoms with E-state index in [0.717, 1.165) is 0 Å². The Morgan fingerprint density at radius 3 is 2.53 bits per heavy atom. The van der Waals surface area contributed by atoms with Crippen molar-refractivity contribution in [3.8, 4) is 0 Å². The molecule has 0 amide bonds. The summed E-state index contributed by atoms with van der Waals surface area (Å²) in [6.07, 6.45) is 19.3. The van der Waals surface area contributed by atoms with Crippen molar-refractivity contribution >= 4 is 0 Å². The highest BCUT2D eigenvalue weighted by molar-refractivity contribution is 5.36. The van der Waals surface area contributed by atoms with Crippen LogP contribution in [0.25, 0.3) is 0 Å². The first-order valence-corrected chi connectivity index (χ1v) is 7.82. The van der Waals surface area contributed by atoms with Gasteiger partial charge in [0.2, 0.25) is 0 Å². The summed E-state index contributed by atoms with van der Waals surface area (Å²) < 4.78 is 0. The molecule has 0 spiro atoms. The van der Waals surface area contributed by atoms with Crippen LogP contribution < -0.4 is 0 Å². The molecule has 0 aromatic heterocycles. The molecule has 0 bridgehead atoms. The predicted molar refractivity (Wildman–Crippen MR) is 76.2 cm³/mol. The SMILES string of the molecule is CCCC1=C(C2=CCCCCC2)CCCCC1. The third-order valence-corrected chi connectivity index (χ3v) is 4.31. The van der Waals surface area contributed by atoms with Gasteiger partial charge in [0.05, 0.1) is 0 Å². The van der Waals surface area contributed by atoms with Gasteiger partial charge in [-0.3, -0.25) is 0 Å². The van der Waals surface area contributed by atoms with E-state index in [9.17, 15) is 0 Å². The molecule has 17 heavy (non-hydrogen) atoms. The van der Waals surface area contributed by atoms with Crippen molar-refractivity contribution in [3.05, 3.63) is 22.8 Å². The predicted octanol–water partition coefficient (Wildman–Crippen LogP) is 5.94. The van der Waals surface area contributed by atoms with E-state index in [2.05, 4.69) is 13.0 Å². The van der Waals surface area contributed by atoms with Crippen molar-refractivity contribution in [1.82, 2.24) is 0 Å². The van der Waals surface area contributed by atoms with Crippen molar-refractivity contribution in [2.75, 3.05) is 0 Å². The van der Waals surface area contributed by atoms with Gasteiger partial charge in [0.1, 0.15) is 0 Å². The van der Waals surface area contributed by atoms with Gasteiger partial charge in [-0.05, 0) is 68.9 Å². The van der Waals surface area contributed by atoms with Crippen LogP contribution in [0.3, 0.4) is 0 Å². The molecule has 0 aromatic rings. The Labute approximate surface area is 107 Å². The zero-order chi connectivity index (χ0) is 11.9. The lowest BCUT2D eigenvalue weighted by Gasteiger charge is -2.15. The summed E-state index contributed by atoms with van der Waals surface area (Å²) in [4.78, 5) is 0. The summed E-state index contributed by atoms with van der Waals surface area (Å²) in [5.41, 5.74) is 5.36. The minimum absolute atomic E-state index is 1.33. The second-order valence-electron chi connectivity index (χ2n) is 5.72. The number of rotatable bonds is 3. The van der Waals surface area contributed by atoms with Crippen LogP contribution in [-0.2, 0) is 0 Å². The minimum Gasteiger partial charge on any atom is -0.0810 e. The van der Waals surface area contributed by atoms with Crippen LogP contribution >= 0.6 is 0 Å². The quantitative estimate of drug-likeness (QED) is 0.565. The second kappa shape index (κ2) is 7.03. The van der Waals surface area contributed by atoms with E-state index in [1.807, 2.05) is 5.57 Å². The standard InChI is InChI=1S/C17H28/c1-2-10-15-11-8-5-9-14-17(15)16-12-6-3-4-7-13-16/h12H,2-11,13-14H2,1H3. The molecule has 96 valence electrons. The van der Waals surface area contributed by atoms with Crippen LogP contribution in [0, 0.1) is 0 Å². The van der Waals surface area contributed by atoms with Crippen LogP contribution in [0.1, 0.15) is 84.0 Å². The zero-order valence-corrected chi connectivity index (χ0v) is 11.6. The Kier molecular flexibility index (Phi) is 5.35. The third kappa shape index (κ3) is 3.72. The van der Waals surface area contributed by atoms with E-state index < -0.39 is 0 Å². The van der Waals surface area contributed by atoms with E-state index in [0.29, 0.717) is 0 Å². The van der Waals surface area contributed by atoms with Crippen molar-refractivity contribution in [2.45, 2.75) is 84.0 Å². The Morgan fingerprint density at radius 2 is 1.65 bits per heavy atom. The Hall–Kier alpha value is -0.520. The Bertz CT molecular complexity index is 293. The molecule has 2 rings (SSSR count). The molecule has 0 saturated carbocycles. The normalized spacial score (nSPS) is 23.0. The van der Waals surface area contributed by atoms with Crippen LogP contribution in [-0.4, -0.2) is 0 Å². The highest BCUT2D eigenvalue weighted by Gasteiger charge is 2.15. The van der Waals surface area contributed by atoms with Gasteiger partial charge < -0.3 is 0 Å². The summed E-state index contributed by atoms with van der Waals surface area (Å²) >= 11 is 0. The van der Waals surface area contributed by atoms with E-state index in [-0.39, 0.29) is 0 Å². The molecule has 0 aliphatic heterocycles. The molecule has 0 nitrogen and oxygen atoms in total. The molecule has 0 heteroatoms. The fraction of sp³-hybridized carbons (Fsp3) is 0.765. The van der Waals surface area contributed by atoms with Crippen LogP contribution in [0.5, 0.6) is 0 Å². The summed E-state index contributed by atoms with van der Waals surface area (Å²) in [5.74, 6) is 0. The van der Waals surface area contributed by atoms with Gasteiger partial charge in [-0.25, -0.2) is 0 Å². The highest BCUT2D eigenvalue weighted by Crippen LogP contribution is 2.34. The summed E-state index contributed by atoms with van der Waals surface area (Å²) in [6, 6.07) is 0. The lowest BCUT2D eigenvalue weighted by molar-refractivity contribution is 0.695. The summed E-state index contributed by atoms with van der Waals surface area (Å²) in [5, 5.41) is 0. The Balaban J connectivity index is 2.18. The van der Waals surface area contributed by atoms with Crippen LogP contribution in [0.4, 0.5) is 0 Å². The van der Waals surface area contributed by atoms with Gasteiger partial charge in [0.25, 0.3) is 0 Å². The Morgan fingerprint density at radius 1 is 0.882 bits per heavy atom. The van der Waals surface area contributed by atoms with Crippen molar-refractivity contribution in [2.24, 2.45) is 0 Å². The van der Waals surface area contributed by atoms with Crippen LogP contribution in [0.2, 0.25) is 0 Å². The fourth-order valence-electron chi connectivity index (χ4n) is 3.40. The summed E-state index contributed by atoms with van der Waals surface area (Å²) in [7, 11) is 0. The van der Waals surface area contributed by atoms with Gasteiger partial charge >= 0.3 is 0 Å². The molecule has 0 unspecified atom stereocenters. The molecule has 0 aromatic carbocycles. The van der Waals surface area contributed by atoms with E-state index in [4.69, 9.17) is 0 Å². The minimum atomic E-state index is 1.33. The topological polar surface area (TPSA) is 0 Å². The monoisotopic (exact) mass is 232 g/mol. The maximum atomic E-state index is 2.57. The molecule has 2 aliphatic carbocycles. The van der Waals surface area contributed by atoms with Gasteiger partial charge in [-0.15, -0.1) is 0 Å². The molecule has 2 aliphatic rings. The average molecular weight is 232 g/mol. The van der Waals surface area contributed by atoms with E-state index in [1.165, 1.54) is 77.0 Å². The molecule has 0 fully saturated rings. The second-order valence-corrected chi connectivity index (χ2v) is 5.72. The molecule has 0 saturated heterocycles. The number of allylic oxidation sites excluding steroid dienone is 4. The van der Waals surface area contributed by atoms with Gasteiger partial charge in [0.15, 0.2) is 0 Å². The maximum Gasteiger partial charge on any atom is -0.0277 e. The third-order valence-electron chi connectivity index (χ3n) is 4.31. The molecule has 0 heterocycles. The smallest absolute Gasteiger partial charge is 0.0277 e. The van der Waals surface area contributed by atoms with Crippen molar-refractivity contribution in [1.29, 1.82) is 0 Å². The van der Waals surface area contributed by atoms with Gasteiger partial charge in [-0.2, -0.15) is 0 Å². The molecular formula is C17H28. The first-order chi connectivity index (χ1) is 8.42. The fourth-order valence-corrected chi connectivity index (χ4v) is 3.40. The lowest BCUT2D eigenvalue weighted by Crippen LogP contribution is -1.95. The van der Waals surface area contributed by atoms with E-state index in [1.54, 1.807) is 11.1 Å². The van der Waals surface area contributed by atoms with Crippen LogP contribution in [0.15, 0.2) is 22.8 Å². The largest absolute Gasteiger partial charge is 0.0810 e. The highest BCUT2D eigenvalue weighted by atomic mass is 14.2. The van der Waals surface area contributed by atoms with E-state index >= 15 is 0 Å². The van der Waals surface area contributed by atoms with Gasteiger partial charge in [0, 0.05) is 0 Å². The van der Waals surface area contributed by atoms with Crippen molar-refractivity contribution < 1.29 is 0 Å². The molecule has 0 atom stereocenters. The first kappa shape index (κ1) is 12.9. The molecule has 0 N–H and O–H groups in total. The number of hydrogen-bond donors (Lipinski definition) is 0. The molecule has 0 radical (unpaired) electrons. The lowest BCUT2D eigenvalue weighted by atomic mass is 9.91. The van der Waals surface area contributed by atoms with Gasteiger partial charge in [-0.1, -0.05) is 37.8 Å². The first-order valence-electron chi connectivity index (χ1n) is 7.82. The number of hydrogen-bond acceptors (Lipinski definition) is 0. The zero-order valence-electron chi connectivity index (χ0n) is 11.6. The summed E-state index contributed by atoms with van der Waals surface area (Å²) in [6.45, 7) is 2.33. The molecular weight excluding hydrogens is 204 g/mol.